The largest absolute Gasteiger partial charge is 0.504 e. The maximum atomic E-state index is 11.9. The monoisotopic (exact) mass is 235 g/mol. The summed E-state index contributed by atoms with van der Waals surface area (Å²) in [7, 11) is 0. The molecule has 0 bridgehead atoms. The molecule has 1 aromatic carbocycles. The first-order valence-electron chi connectivity index (χ1n) is 5.36. The minimum absolute atomic E-state index is 0.0570. The highest BCUT2D eigenvalue weighted by Crippen LogP contribution is 2.26. The van der Waals surface area contributed by atoms with Gasteiger partial charge in [0.2, 0.25) is 0 Å². The van der Waals surface area contributed by atoms with Crippen molar-refractivity contribution in [2.75, 3.05) is 6.54 Å². The van der Waals surface area contributed by atoms with Gasteiger partial charge in [-0.2, -0.15) is 0 Å². The predicted octanol–water partition coefficient (Wildman–Crippen LogP) is 1.82. The highest BCUT2D eigenvalue weighted by molar-refractivity contribution is 5.97. The molecule has 4 nitrogen and oxygen atoms in total. The van der Waals surface area contributed by atoms with E-state index in [2.05, 4.69) is 6.58 Å². The van der Waals surface area contributed by atoms with E-state index >= 15 is 0 Å². The molecule has 0 amide bonds. The number of rotatable bonds is 5. The van der Waals surface area contributed by atoms with Crippen LogP contribution in [0.1, 0.15) is 23.7 Å². The molecule has 0 spiro atoms. The van der Waals surface area contributed by atoms with E-state index in [9.17, 15) is 9.90 Å². The molecular formula is C13H17NO3. The van der Waals surface area contributed by atoms with Gasteiger partial charge in [-0.3, -0.25) is 4.79 Å². The Kier molecular flexibility index (Phi) is 4.29. The van der Waals surface area contributed by atoms with Crippen molar-refractivity contribution >= 4 is 5.78 Å². The molecule has 0 fully saturated rings. The summed E-state index contributed by atoms with van der Waals surface area (Å²) in [6.07, 6.45) is 0.260. The van der Waals surface area contributed by atoms with Crippen molar-refractivity contribution in [2.45, 2.75) is 13.3 Å². The summed E-state index contributed by atoms with van der Waals surface area (Å²) < 4.78 is 0. The van der Waals surface area contributed by atoms with Crippen molar-refractivity contribution in [1.29, 1.82) is 0 Å². The van der Waals surface area contributed by atoms with Crippen LogP contribution in [0, 0.1) is 5.92 Å². The number of benzene rings is 1. The second kappa shape index (κ2) is 5.50. The number of Topliss-reactive ketones (excluding diaryl/α,β-unsaturated/α-hetero) is 1. The second-order valence-electron chi connectivity index (χ2n) is 4.11. The Labute approximate surface area is 100 Å². The number of hydrogen-bond acceptors (Lipinski definition) is 4. The summed E-state index contributed by atoms with van der Waals surface area (Å²) in [6.45, 7) is 5.98. The smallest absolute Gasteiger partial charge is 0.163 e. The number of phenols is 2. The van der Waals surface area contributed by atoms with Crippen LogP contribution >= 0.6 is 0 Å². The molecule has 0 saturated carbocycles. The van der Waals surface area contributed by atoms with Gasteiger partial charge in [0, 0.05) is 12.0 Å². The Morgan fingerprint density at radius 1 is 1.41 bits per heavy atom. The standard InChI is InChI=1S/C13H17NO3/c1-8(2)10(7-14)6-12(16)9-3-4-11(15)13(17)5-9/h3-5,10,15,17H,1,6-7,14H2,2H3/t10-/m0/s1. The lowest BCUT2D eigenvalue weighted by Crippen LogP contribution is -2.19. The summed E-state index contributed by atoms with van der Waals surface area (Å²) >= 11 is 0. The summed E-state index contributed by atoms with van der Waals surface area (Å²) in [4.78, 5) is 11.9. The minimum Gasteiger partial charge on any atom is -0.504 e. The Morgan fingerprint density at radius 2 is 2.06 bits per heavy atom. The fourth-order valence-corrected chi connectivity index (χ4v) is 1.50. The van der Waals surface area contributed by atoms with Gasteiger partial charge in [0.1, 0.15) is 0 Å². The third-order valence-electron chi connectivity index (χ3n) is 2.71. The van der Waals surface area contributed by atoms with Crippen LogP contribution in [-0.4, -0.2) is 22.5 Å². The number of nitrogens with two attached hydrogens (primary N) is 1. The maximum absolute atomic E-state index is 11.9. The van der Waals surface area contributed by atoms with E-state index in [0.717, 1.165) is 5.57 Å². The van der Waals surface area contributed by atoms with Gasteiger partial charge in [0.05, 0.1) is 0 Å². The van der Waals surface area contributed by atoms with Crippen molar-refractivity contribution in [3.05, 3.63) is 35.9 Å². The normalized spacial score (nSPS) is 12.1. The van der Waals surface area contributed by atoms with Gasteiger partial charge in [-0.15, -0.1) is 0 Å². The van der Waals surface area contributed by atoms with Crippen LogP contribution < -0.4 is 5.73 Å². The molecule has 0 heterocycles. The summed E-state index contributed by atoms with van der Waals surface area (Å²) in [5, 5.41) is 18.5. The minimum atomic E-state index is -0.296. The van der Waals surface area contributed by atoms with Crippen molar-refractivity contribution in [3.8, 4) is 11.5 Å². The third kappa shape index (κ3) is 3.32. The van der Waals surface area contributed by atoms with Crippen LogP contribution in [0.5, 0.6) is 11.5 Å². The Hall–Kier alpha value is -1.81. The van der Waals surface area contributed by atoms with Crippen LogP contribution in [0.4, 0.5) is 0 Å². The van der Waals surface area contributed by atoms with E-state index in [1.807, 2.05) is 6.92 Å². The fourth-order valence-electron chi connectivity index (χ4n) is 1.50. The molecule has 1 rings (SSSR count). The summed E-state index contributed by atoms with van der Waals surface area (Å²) in [5.74, 6) is -0.718. The Balaban J connectivity index is 2.82. The van der Waals surface area contributed by atoms with Crippen LogP contribution in [0.25, 0.3) is 0 Å². The Bertz CT molecular complexity index is 440. The highest BCUT2D eigenvalue weighted by atomic mass is 16.3. The molecule has 0 aliphatic rings. The SMILES string of the molecule is C=C(C)[C@H](CN)CC(=O)c1ccc(O)c(O)c1. The van der Waals surface area contributed by atoms with Gasteiger partial charge in [-0.05, 0) is 37.6 Å². The highest BCUT2D eigenvalue weighted by Gasteiger charge is 2.15. The van der Waals surface area contributed by atoms with E-state index in [4.69, 9.17) is 10.8 Å². The topological polar surface area (TPSA) is 83.6 Å². The van der Waals surface area contributed by atoms with E-state index in [1.165, 1.54) is 18.2 Å². The third-order valence-corrected chi connectivity index (χ3v) is 2.71. The van der Waals surface area contributed by atoms with Crippen LogP contribution in [0.2, 0.25) is 0 Å². The van der Waals surface area contributed by atoms with Crippen molar-refractivity contribution in [3.63, 3.8) is 0 Å². The van der Waals surface area contributed by atoms with Gasteiger partial charge in [0.25, 0.3) is 0 Å². The lowest BCUT2D eigenvalue weighted by Gasteiger charge is -2.13. The number of carbonyl (C=O) groups is 1. The first kappa shape index (κ1) is 13.3. The first-order chi connectivity index (χ1) is 7.95. The van der Waals surface area contributed by atoms with Gasteiger partial charge < -0.3 is 15.9 Å². The second-order valence-corrected chi connectivity index (χ2v) is 4.11. The number of aromatic hydroxyl groups is 2. The van der Waals surface area contributed by atoms with E-state index in [0.29, 0.717) is 12.1 Å². The lowest BCUT2D eigenvalue weighted by atomic mass is 9.93. The molecule has 4 heteroatoms. The number of phenolic OH excluding ortho intramolecular Hbond substituents is 2. The predicted molar refractivity (Wildman–Crippen MR) is 66.1 cm³/mol. The zero-order chi connectivity index (χ0) is 13.0. The van der Waals surface area contributed by atoms with Gasteiger partial charge in [-0.25, -0.2) is 0 Å². The van der Waals surface area contributed by atoms with Gasteiger partial charge >= 0.3 is 0 Å². The molecule has 1 aromatic rings. The molecule has 0 radical (unpaired) electrons. The number of hydrogen-bond donors (Lipinski definition) is 3. The van der Waals surface area contributed by atoms with Gasteiger partial charge in [-0.1, -0.05) is 12.2 Å². The van der Waals surface area contributed by atoms with Crippen molar-refractivity contribution < 1.29 is 15.0 Å². The molecule has 0 aromatic heterocycles. The average Bonchev–Trinajstić information content (AvgIpc) is 2.28. The molecule has 0 saturated heterocycles. The van der Waals surface area contributed by atoms with Gasteiger partial charge in [0.15, 0.2) is 17.3 Å². The molecule has 1 atom stereocenters. The fraction of sp³-hybridized carbons (Fsp3) is 0.308. The Morgan fingerprint density at radius 3 is 2.53 bits per heavy atom. The molecule has 0 aliphatic carbocycles. The van der Waals surface area contributed by atoms with Crippen LogP contribution in [0.3, 0.4) is 0 Å². The molecular weight excluding hydrogens is 218 g/mol. The zero-order valence-electron chi connectivity index (χ0n) is 9.81. The lowest BCUT2D eigenvalue weighted by molar-refractivity contribution is 0.0968. The molecule has 0 aliphatic heterocycles. The van der Waals surface area contributed by atoms with Crippen molar-refractivity contribution in [2.24, 2.45) is 11.7 Å². The van der Waals surface area contributed by atoms with Crippen molar-refractivity contribution in [1.82, 2.24) is 0 Å². The van der Waals surface area contributed by atoms with Crippen LogP contribution in [0.15, 0.2) is 30.4 Å². The zero-order valence-corrected chi connectivity index (χ0v) is 9.81. The molecule has 17 heavy (non-hydrogen) atoms. The quantitative estimate of drug-likeness (QED) is 0.413. The number of carbonyl (C=O) groups excluding carboxylic acids is 1. The average molecular weight is 235 g/mol. The van der Waals surface area contributed by atoms with E-state index < -0.39 is 0 Å². The first-order valence-corrected chi connectivity index (χ1v) is 5.36. The summed E-state index contributed by atoms with van der Waals surface area (Å²) in [5.41, 5.74) is 6.78. The molecule has 92 valence electrons. The molecule has 0 unspecified atom stereocenters. The van der Waals surface area contributed by atoms with E-state index in [1.54, 1.807) is 0 Å². The maximum Gasteiger partial charge on any atom is 0.163 e. The van der Waals surface area contributed by atoms with E-state index in [-0.39, 0.29) is 29.6 Å². The van der Waals surface area contributed by atoms with Crippen LogP contribution in [-0.2, 0) is 0 Å². The number of ketones is 1. The molecule has 4 N–H and O–H groups in total. The summed E-state index contributed by atoms with van der Waals surface area (Å²) in [6, 6.07) is 4.02.